The first-order valence-electron chi connectivity index (χ1n) is 8.15. The van der Waals surface area contributed by atoms with Crippen LogP contribution in [0.2, 0.25) is 0 Å². The molecule has 0 amide bonds. The summed E-state index contributed by atoms with van der Waals surface area (Å²) in [4.78, 5) is 2.65. The molecule has 2 rings (SSSR count). The summed E-state index contributed by atoms with van der Waals surface area (Å²) in [6, 6.07) is 3.35. The Morgan fingerprint density at radius 3 is 2.52 bits per heavy atom. The van der Waals surface area contributed by atoms with E-state index in [1.807, 2.05) is 4.68 Å². The number of aromatic nitrogens is 2. The molecule has 2 atom stereocenters. The smallest absolute Gasteiger partial charge is 0.0597 e. The molecule has 1 aromatic heterocycles. The summed E-state index contributed by atoms with van der Waals surface area (Å²) in [6.45, 7) is 16.9. The van der Waals surface area contributed by atoms with Crippen molar-refractivity contribution in [3.63, 3.8) is 0 Å². The molecule has 1 aromatic rings. The van der Waals surface area contributed by atoms with Gasteiger partial charge >= 0.3 is 0 Å². The molecule has 2 heterocycles. The first-order valence-corrected chi connectivity index (χ1v) is 8.15. The molecule has 4 heteroatoms. The van der Waals surface area contributed by atoms with Gasteiger partial charge < -0.3 is 5.32 Å². The fourth-order valence-corrected chi connectivity index (χ4v) is 3.27. The summed E-state index contributed by atoms with van der Waals surface area (Å²) in [6.07, 6.45) is 0. The molecule has 4 nitrogen and oxygen atoms in total. The highest BCUT2D eigenvalue weighted by Crippen LogP contribution is 2.26. The molecule has 1 aliphatic rings. The molecule has 21 heavy (non-hydrogen) atoms. The molecule has 0 radical (unpaired) electrons. The first kappa shape index (κ1) is 16.5. The molecule has 0 saturated carbocycles. The van der Waals surface area contributed by atoms with E-state index in [9.17, 15) is 0 Å². The summed E-state index contributed by atoms with van der Waals surface area (Å²) < 4.78 is 2.03. The highest BCUT2D eigenvalue weighted by atomic mass is 15.3. The van der Waals surface area contributed by atoms with Gasteiger partial charge in [0.1, 0.15) is 0 Å². The van der Waals surface area contributed by atoms with E-state index >= 15 is 0 Å². The third-order valence-corrected chi connectivity index (χ3v) is 4.74. The minimum atomic E-state index is 0.294. The Balaban J connectivity index is 2.16. The van der Waals surface area contributed by atoms with Crippen molar-refractivity contribution in [3.05, 3.63) is 17.5 Å². The van der Waals surface area contributed by atoms with E-state index in [2.05, 4.69) is 70.0 Å². The topological polar surface area (TPSA) is 33.1 Å². The number of nitrogens with one attached hydrogen (secondary N) is 1. The van der Waals surface area contributed by atoms with Crippen LogP contribution in [0.4, 0.5) is 0 Å². The maximum absolute atomic E-state index is 4.49. The summed E-state index contributed by atoms with van der Waals surface area (Å²) in [5, 5.41) is 8.25. The predicted molar refractivity (Wildman–Crippen MR) is 88.2 cm³/mol. The van der Waals surface area contributed by atoms with Gasteiger partial charge in [0.25, 0.3) is 0 Å². The van der Waals surface area contributed by atoms with Crippen LogP contribution in [0.15, 0.2) is 6.07 Å². The molecule has 0 bridgehead atoms. The number of hydrogen-bond acceptors (Lipinski definition) is 3. The number of nitrogens with zero attached hydrogens (tertiary/aromatic N) is 3. The standard InChI is InChI=1S/C17H32N4/c1-12(2)15-9-18-16(17(4,5)6)11-21(15)10-14-8-13(3)19-20(14)7/h8,12,15-16,18H,9-11H2,1-7H3. The first-order chi connectivity index (χ1) is 9.68. The van der Waals surface area contributed by atoms with Crippen LogP contribution in [0, 0.1) is 18.3 Å². The second-order valence-corrected chi connectivity index (χ2v) is 7.97. The van der Waals surface area contributed by atoms with Crippen molar-refractivity contribution in [3.8, 4) is 0 Å². The fraction of sp³-hybridized carbons (Fsp3) is 0.824. The van der Waals surface area contributed by atoms with Crippen LogP contribution in [-0.4, -0.2) is 39.9 Å². The zero-order valence-corrected chi connectivity index (χ0v) is 14.8. The van der Waals surface area contributed by atoms with E-state index in [1.54, 1.807) is 0 Å². The summed E-state index contributed by atoms with van der Waals surface area (Å²) in [5.74, 6) is 0.660. The number of hydrogen-bond donors (Lipinski definition) is 1. The second kappa shape index (κ2) is 6.09. The number of piperazine rings is 1. The van der Waals surface area contributed by atoms with Crippen molar-refractivity contribution < 1.29 is 0 Å². The van der Waals surface area contributed by atoms with Crippen molar-refractivity contribution in [2.24, 2.45) is 18.4 Å². The minimum Gasteiger partial charge on any atom is -0.311 e. The molecule has 0 aliphatic carbocycles. The third kappa shape index (κ3) is 3.86. The van der Waals surface area contributed by atoms with E-state index in [1.165, 1.54) is 5.69 Å². The van der Waals surface area contributed by atoms with Crippen molar-refractivity contribution in [1.29, 1.82) is 0 Å². The maximum Gasteiger partial charge on any atom is 0.0597 e. The zero-order valence-electron chi connectivity index (χ0n) is 14.8. The molecule has 120 valence electrons. The maximum atomic E-state index is 4.49. The van der Waals surface area contributed by atoms with Crippen LogP contribution in [0.1, 0.15) is 46.0 Å². The van der Waals surface area contributed by atoms with Gasteiger partial charge in [-0.15, -0.1) is 0 Å². The van der Waals surface area contributed by atoms with Gasteiger partial charge in [0, 0.05) is 38.8 Å². The van der Waals surface area contributed by atoms with Crippen LogP contribution in [0.25, 0.3) is 0 Å². The van der Waals surface area contributed by atoms with E-state index in [-0.39, 0.29) is 0 Å². The second-order valence-electron chi connectivity index (χ2n) is 7.97. The van der Waals surface area contributed by atoms with Gasteiger partial charge in [0.05, 0.1) is 11.4 Å². The molecule has 1 saturated heterocycles. The molecular formula is C17H32N4. The Kier molecular flexibility index (Phi) is 4.79. The zero-order chi connectivity index (χ0) is 15.8. The molecular weight excluding hydrogens is 260 g/mol. The lowest BCUT2D eigenvalue weighted by molar-refractivity contribution is 0.0554. The van der Waals surface area contributed by atoms with Crippen LogP contribution in [0.3, 0.4) is 0 Å². The van der Waals surface area contributed by atoms with Crippen LogP contribution < -0.4 is 5.32 Å². The van der Waals surface area contributed by atoms with Gasteiger partial charge in [-0.1, -0.05) is 34.6 Å². The van der Waals surface area contributed by atoms with Crippen LogP contribution >= 0.6 is 0 Å². The van der Waals surface area contributed by atoms with Crippen LogP contribution in [-0.2, 0) is 13.6 Å². The molecule has 1 fully saturated rings. The van der Waals surface area contributed by atoms with Crippen molar-refractivity contribution in [2.75, 3.05) is 13.1 Å². The lowest BCUT2D eigenvalue weighted by Gasteiger charge is -2.46. The molecule has 0 spiro atoms. The van der Waals surface area contributed by atoms with E-state index in [0.29, 0.717) is 23.4 Å². The van der Waals surface area contributed by atoms with Crippen molar-refractivity contribution >= 4 is 0 Å². The largest absolute Gasteiger partial charge is 0.311 e. The molecule has 1 aliphatic heterocycles. The Morgan fingerprint density at radius 2 is 2.05 bits per heavy atom. The number of aryl methyl sites for hydroxylation is 2. The van der Waals surface area contributed by atoms with E-state index in [0.717, 1.165) is 25.3 Å². The van der Waals surface area contributed by atoms with Crippen LogP contribution in [0.5, 0.6) is 0 Å². The Labute approximate surface area is 129 Å². The molecule has 2 unspecified atom stereocenters. The number of rotatable bonds is 3. The third-order valence-electron chi connectivity index (χ3n) is 4.74. The van der Waals surface area contributed by atoms with E-state index in [4.69, 9.17) is 0 Å². The van der Waals surface area contributed by atoms with Gasteiger partial charge in [-0.05, 0) is 24.3 Å². The Morgan fingerprint density at radius 1 is 1.38 bits per heavy atom. The van der Waals surface area contributed by atoms with Crippen molar-refractivity contribution in [1.82, 2.24) is 20.0 Å². The Bertz CT molecular complexity index is 470. The Hall–Kier alpha value is -0.870. The predicted octanol–water partition coefficient (Wildman–Crippen LogP) is 2.57. The summed E-state index contributed by atoms with van der Waals surface area (Å²) >= 11 is 0. The van der Waals surface area contributed by atoms with Gasteiger partial charge in [-0.3, -0.25) is 9.58 Å². The van der Waals surface area contributed by atoms with E-state index < -0.39 is 0 Å². The van der Waals surface area contributed by atoms with Crippen molar-refractivity contribution in [2.45, 2.75) is 60.2 Å². The summed E-state index contributed by atoms with van der Waals surface area (Å²) in [7, 11) is 2.05. The minimum absolute atomic E-state index is 0.294. The monoisotopic (exact) mass is 292 g/mol. The average Bonchev–Trinajstić information content (AvgIpc) is 2.66. The average molecular weight is 292 g/mol. The molecule has 1 N–H and O–H groups in total. The quantitative estimate of drug-likeness (QED) is 0.929. The highest BCUT2D eigenvalue weighted by molar-refractivity contribution is 5.09. The molecule has 0 aromatic carbocycles. The highest BCUT2D eigenvalue weighted by Gasteiger charge is 2.35. The lowest BCUT2D eigenvalue weighted by atomic mass is 9.83. The summed E-state index contributed by atoms with van der Waals surface area (Å²) in [5.41, 5.74) is 2.71. The normalized spacial score (nSPS) is 24.8. The van der Waals surface area contributed by atoms with Gasteiger partial charge in [-0.25, -0.2) is 0 Å². The van der Waals surface area contributed by atoms with Gasteiger partial charge in [0.15, 0.2) is 0 Å². The SMILES string of the molecule is Cc1cc(CN2CC(C(C)(C)C)NCC2C(C)C)n(C)n1. The van der Waals surface area contributed by atoms with Gasteiger partial charge in [0.2, 0.25) is 0 Å². The lowest BCUT2D eigenvalue weighted by Crippen LogP contribution is -2.61. The fourth-order valence-electron chi connectivity index (χ4n) is 3.27. The van der Waals surface area contributed by atoms with Gasteiger partial charge in [-0.2, -0.15) is 5.10 Å².